The molecule has 0 rings (SSSR count). The molecule has 13 heavy (non-hydrogen) atoms. The Morgan fingerprint density at radius 3 is 1.38 bits per heavy atom. The van der Waals surface area contributed by atoms with E-state index < -0.39 is 0 Å². The standard InChI is InChI=1S/B12H13I/c1-2-3-4-5-6-7-8-9-10-11-12-13/h2-12H,1H2. The molecule has 0 aliphatic heterocycles. The fourth-order valence-electron chi connectivity index (χ4n) is 1.58. The van der Waals surface area contributed by atoms with Crippen molar-refractivity contribution in [2.75, 3.05) is 0 Å². The molecule has 0 heterocycles. The van der Waals surface area contributed by atoms with Crippen LogP contribution in [0.2, 0.25) is 0 Å². The van der Waals surface area contributed by atoms with E-state index in [2.05, 4.69) is 30.1 Å². The first-order valence-corrected chi connectivity index (χ1v) is 7.50. The zero-order chi connectivity index (χ0) is 9.78. The molecule has 0 bridgehead atoms. The maximum atomic E-state index is 2.47. The molecule has 0 aromatic rings. The Labute approximate surface area is 105 Å². The van der Waals surface area contributed by atoms with Crippen LogP contribution in [0.25, 0.3) is 0 Å². The molecule has 0 saturated heterocycles. The van der Waals surface area contributed by atoms with Crippen LogP contribution in [0, 0.1) is 0 Å². The van der Waals surface area contributed by atoms with Crippen LogP contribution in [0.3, 0.4) is 0 Å². The van der Waals surface area contributed by atoms with Crippen LogP contribution in [0.1, 0.15) is 0 Å². The van der Waals surface area contributed by atoms with Crippen molar-refractivity contribution in [2.45, 2.75) is 0 Å². The van der Waals surface area contributed by atoms with Crippen LogP contribution in [0.4, 0.5) is 0 Å². The number of hydrogen-bond donors (Lipinski definition) is 0. The maximum absolute atomic E-state index is 2.47. The van der Waals surface area contributed by atoms with Gasteiger partial charge in [-0.15, -0.1) is 0 Å². The van der Waals surface area contributed by atoms with Gasteiger partial charge in [-0.05, 0) is 0 Å². The monoisotopic (exact) mass is 272 g/mol. The predicted molar refractivity (Wildman–Crippen MR) is 101 cm³/mol. The van der Waals surface area contributed by atoms with Crippen LogP contribution >= 0.6 is 22.4 Å². The molecule has 0 atom stereocenters. The van der Waals surface area contributed by atoms with Gasteiger partial charge in [0.05, 0.1) is 14.8 Å². The Morgan fingerprint density at radius 1 is 0.615 bits per heavy atom. The molecule has 0 saturated carbocycles. The highest BCUT2D eigenvalue weighted by Gasteiger charge is 2.00. The summed E-state index contributed by atoms with van der Waals surface area (Å²) < 4.78 is 0. The topological polar surface area (TPSA) is 0 Å². The highest BCUT2D eigenvalue weighted by Crippen LogP contribution is 1.68. The van der Waals surface area contributed by atoms with Gasteiger partial charge < -0.3 is 0 Å². The zero-order valence-electron chi connectivity index (χ0n) is 9.16. The second-order valence-corrected chi connectivity index (χ2v) is 4.95. The first kappa shape index (κ1) is 14.5. The Hall–Kier alpha value is 1.51. The minimum atomic E-state index is 1.34. The lowest BCUT2D eigenvalue weighted by atomic mass is 8.87. The average Bonchev–Trinajstić information content (AvgIpc) is 2.16. The summed E-state index contributed by atoms with van der Waals surface area (Å²) in [5, 5.41) is 1.34. The highest BCUT2D eigenvalue weighted by atomic mass is 127. The average molecular weight is 270 g/mol. The first-order chi connectivity index (χ1) is 6.41. The molecule has 0 unspecified atom stereocenters. The molecule has 0 radical (unpaired) electrons. The van der Waals surface area contributed by atoms with Crippen molar-refractivity contribution in [1.82, 2.24) is 0 Å². The molecule has 0 N–H and O–H groups in total. The van der Waals surface area contributed by atoms with Crippen molar-refractivity contribution in [3.8, 4) is 0 Å². The Morgan fingerprint density at radius 2 is 1.00 bits per heavy atom. The smallest absolute Gasteiger partial charge is 0.155 e. The molecule has 56 valence electrons. The SMILES string of the molecule is BBBBBBBBBBBBI. The van der Waals surface area contributed by atoms with Crippen molar-refractivity contribution >= 4 is 106 Å². The Bertz CT molecular complexity index is 71.2. The molecule has 0 nitrogen and oxygen atoms in total. The minimum Gasteiger partial charge on any atom is -0.167 e. The molecule has 13 heteroatoms. The highest BCUT2D eigenvalue weighted by molar-refractivity contribution is 14.1. The van der Waals surface area contributed by atoms with E-state index in [0.29, 0.717) is 0 Å². The van der Waals surface area contributed by atoms with Crippen LogP contribution in [-0.4, -0.2) is 83.4 Å². The van der Waals surface area contributed by atoms with E-state index in [4.69, 9.17) is 0 Å². The van der Waals surface area contributed by atoms with Gasteiger partial charge in [-0.2, -0.15) is 22.4 Å². The number of hydrogen-bond acceptors (Lipinski definition) is 0. The summed E-state index contributed by atoms with van der Waals surface area (Å²) in [6, 6.07) is 0. The third-order valence-corrected chi connectivity index (χ3v) is 3.25. The summed E-state index contributed by atoms with van der Waals surface area (Å²) in [5.74, 6) is 0. The summed E-state index contributed by atoms with van der Waals surface area (Å²) >= 11 is 2.47. The second-order valence-electron chi connectivity index (χ2n) is 3.87. The Kier molecular flexibility index (Phi) is 15.1. The number of rotatable bonds is 10. The summed E-state index contributed by atoms with van der Waals surface area (Å²) in [4.78, 5) is 0. The zero-order valence-corrected chi connectivity index (χ0v) is 11.3. The van der Waals surface area contributed by atoms with E-state index in [9.17, 15) is 0 Å². The lowest BCUT2D eigenvalue weighted by Crippen LogP contribution is -2.33. The van der Waals surface area contributed by atoms with Crippen molar-refractivity contribution in [3.63, 3.8) is 0 Å². The van der Waals surface area contributed by atoms with Gasteiger partial charge in [0.15, 0.2) is 5.03 Å². The summed E-state index contributed by atoms with van der Waals surface area (Å²) in [6.07, 6.45) is 0. The molecule has 0 fully saturated rings. The Balaban J connectivity index is 2.76. The molecule has 0 aromatic heterocycles. The largest absolute Gasteiger partial charge is 0.167 e. The van der Waals surface area contributed by atoms with Crippen molar-refractivity contribution in [3.05, 3.63) is 0 Å². The van der Waals surface area contributed by atoms with Gasteiger partial charge in [-0.25, -0.2) is 0 Å². The van der Waals surface area contributed by atoms with E-state index in [1.54, 1.807) is 0 Å². The van der Waals surface area contributed by atoms with E-state index in [1.165, 1.54) is 75.6 Å². The summed E-state index contributed by atoms with van der Waals surface area (Å²) in [5.41, 5.74) is 0. The molecule has 0 aromatic carbocycles. The molecule has 0 amide bonds. The fraction of sp³-hybridized carbons (Fsp3) is 0. The van der Waals surface area contributed by atoms with Gasteiger partial charge in [0.2, 0.25) is 0 Å². The van der Waals surface area contributed by atoms with Gasteiger partial charge in [0.25, 0.3) is 0 Å². The third kappa shape index (κ3) is 13.5. The van der Waals surface area contributed by atoms with Crippen molar-refractivity contribution in [1.29, 1.82) is 0 Å². The van der Waals surface area contributed by atoms with Crippen LogP contribution < -0.4 is 0 Å². The third-order valence-electron chi connectivity index (χ3n) is 2.49. The lowest BCUT2D eigenvalue weighted by Gasteiger charge is -1.91. The van der Waals surface area contributed by atoms with Gasteiger partial charge in [0.1, 0.15) is 0 Å². The van der Waals surface area contributed by atoms with Gasteiger partial charge in [-0.1, -0.05) is 0 Å². The van der Waals surface area contributed by atoms with Gasteiger partial charge >= 0.3 is 0 Å². The summed E-state index contributed by atoms with van der Waals surface area (Å²) in [7, 11) is 16.8. The normalized spacial score (nSPS) is 7.15. The first-order valence-electron chi connectivity index (χ1n) is 5.97. The van der Waals surface area contributed by atoms with E-state index in [0.717, 1.165) is 0 Å². The molecule has 0 aliphatic rings. The van der Waals surface area contributed by atoms with E-state index in [-0.39, 0.29) is 0 Å². The quantitative estimate of drug-likeness (QED) is 0.210. The number of halogens is 1. The summed E-state index contributed by atoms with van der Waals surface area (Å²) in [6.45, 7) is 0. The fourth-order valence-corrected chi connectivity index (χ4v) is 2.12. The van der Waals surface area contributed by atoms with Crippen LogP contribution in [0.5, 0.6) is 0 Å². The van der Waals surface area contributed by atoms with Gasteiger partial charge in [0, 0.05) is 63.5 Å². The van der Waals surface area contributed by atoms with Crippen molar-refractivity contribution < 1.29 is 0 Å². The molecule has 0 aliphatic carbocycles. The van der Waals surface area contributed by atoms with Crippen LogP contribution in [0.15, 0.2) is 0 Å². The predicted octanol–water partition coefficient (Wildman–Crippen LogP) is -7.16. The second kappa shape index (κ2) is 13.5. The lowest BCUT2D eigenvalue weighted by molar-refractivity contribution is 3.81. The molecular formula is H13B12I. The van der Waals surface area contributed by atoms with E-state index >= 15 is 0 Å². The maximum Gasteiger partial charge on any atom is 0.155 e. The van der Waals surface area contributed by atoms with E-state index in [1.807, 2.05) is 0 Å². The molecular weight excluding hydrogens is 257 g/mol. The van der Waals surface area contributed by atoms with Gasteiger partial charge in [-0.3, -0.25) is 0 Å². The van der Waals surface area contributed by atoms with Crippen LogP contribution in [-0.2, 0) is 0 Å². The minimum absolute atomic E-state index is 1.34. The molecule has 0 spiro atoms. The van der Waals surface area contributed by atoms with Crippen molar-refractivity contribution in [2.24, 2.45) is 0 Å².